The standard InChI is InChI=1S/C16H29N/c1-5-9-11-12-13-15(7-3)16(17-8-4)14-10-6-2/h6,8,10,14-15H,5,7,9,11-13H2,1-4H3/b10-6-,16-14-,17-8-. The van der Waals surface area contributed by atoms with Gasteiger partial charge in [-0.2, -0.15) is 0 Å². The average Bonchev–Trinajstić information content (AvgIpc) is 2.35. The van der Waals surface area contributed by atoms with E-state index in [4.69, 9.17) is 0 Å². The maximum Gasteiger partial charge on any atom is 0.0430 e. The number of hydrogen-bond acceptors (Lipinski definition) is 1. The first-order valence-electron chi connectivity index (χ1n) is 7.11. The van der Waals surface area contributed by atoms with Gasteiger partial charge in [-0.25, -0.2) is 0 Å². The highest BCUT2D eigenvalue weighted by Gasteiger charge is 2.10. The molecule has 0 aromatic carbocycles. The van der Waals surface area contributed by atoms with Crippen molar-refractivity contribution in [2.45, 2.75) is 66.2 Å². The van der Waals surface area contributed by atoms with E-state index in [0.717, 1.165) is 0 Å². The summed E-state index contributed by atoms with van der Waals surface area (Å²) in [5.41, 5.74) is 1.24. The summed E-state index contributed by atoms with van der Waals surface area (Å²) in [6.45, 7) is 8.56. The molecule has 0 aromatic rings. The number of rotatable bonds is 9. The monoisotopic (exact) mass is 235 g/mol. The maximum absolute atomic E-state index is 4.52. The summed E-state index contributed by atoms with van der Waals surface area (Å²) < 4.78 is 0. The Balaban J connectivity index is 4.35. The topological polar surface area (TPSA) is 12.4 Å². The van der Waals surface area contributed by atoms with E-state index in [1.807, 2.05) is 20.1 Å². The predicted molar refractivity (Wildman–Crippen MR) is 79.6 cm³/mol. The largest absolute Gasteiger partial charge is 0.266 e. The van der Waals surface area contributed by atoms with Gasteiger partial charge in [0.1, 0.15) is 0 Å². The molecule has 0 saturated heterocycles. The van der Waals surface area contributed by atoms with Crippen LogP contribution in [-0.4, -0.2) is 6.21 Å². The van der Waals surface area contributed by atoms with Crippen molar-refractivity contribution in [1.82, 2.24) is 0 Å². The minimum atomic E-state index is 0.624. The minimum absolute atomic E-state index is 0.624. The van der Waals surface area contributed by atoms with E-state index in [-0.39, 0.29) is 0 Å². The van der Waals surface area contributed by atoms with Crippen molar-refractivity contribution in [3.8, 4) is 0 Å². The van der Waals surface area contributed by atoms with Gasteiger partial charge in [0.2, 0.25) is 0 Å². The molecule has 98 valence electrons. The highest BCUT2D eigenvalue weighted by Crippen LogP contribution is 2.23. The Morgan fingerprint density at radius 2 is 1.88 bits per heavy atom. The molecule has 1 nitrogen and oxygen atoms in total. The van der Waals surface area contributed by atoms with Gasteiger partial charge in [-0.05, 0) is 32.8 Å². The lowest BCUT2D eigenvalue weighted by Crippen LogP contribution is -2.02. The Bertz CT molecular complexity index is 248. The van der Waals surface area contributed by atoms with Crippen LogP contribution < -0.4 is 0 Å². The minimum Gasteiger partial charge on any atom is -0.266 e. The van der Waals surface area contributed by atoms with Crippen LogP contribution in [0.15, 0.2) is 28.9 Å². The lowest BCUT2D eigenvalue weighted by Gasteiger charge is -2.15. The number of nitrogens with zero attached hydrogens (tertiary/aromatic N) is 1. The van der Waals surface area contributed by atoms with Crippen LogP contribution in [0.25, 0.3) is 0 Å². The fraction of sp³-hybridized carbons (Fsp3) is 0.688. The number of hydrogen-bond donors (Lipinski definition) is 0. The number of unbranched alkanes of at least 4 members (excludes halogenated alkanes) is 3. The zero-order valence-electron chi connectivity index (χ0n) is 12.1. The molecule has 0 aliphatic rings. The smallest absolute Gasteiger partial charge is 0.0430 e. The fourth-order valence-electron chi connectivity index (χ4n) is 2.01. The summed E-state index contributed by atoms with van der Waals surface area (Å²) in [5, 5.41) is 0. The Kier molecular flexibility index (Phi) is 11.0. The van der Waals surface area contributed by atoms with Crippen molar-refractivity contribution < 1.29 is 0 Å². The first-order chi connectivity index (χ1) is 8.29. The zero-order valence-corrected chi connectivity index (χ0v) is 12.1. The van der Waals surface area contributed by atoms with Crippen LogP contribution in [0.3, 0.4) is 0 Å². The molecule has 0 amide bonds. The summed E-state index contributed by atoms with van der Waals surface area (Å²) in [6.07, 6.45) is 16.1. The van der Waals surface area contributed by atoms with Gasteiger partial charge >= 0.3 is 0 Å². The lowest BCUT2D eigenvalue weighted by atomic mass is 9.94. The first kappa shape index (κ1) is 16.1. The SMILES string of the molecule is C\C=C/C=C(\N=C/C)C(CC)CCCCCC. The van der Waals surface area contributed by atoms with Crippen molar-refractivity contribution in [3.05, 3.63) is 23.9 Å². The molecule has 0 heterocycles. The Labute approximate surface area is 108 Å². The number of allylic oxidation sites excluding steroid dienone is 4. The first-order valence-corrected chi connectivity index (χ1v) is 7.11. The Hall–Kier alpha value is -0.850. The van der Waals surface area contributed by atoms with Crippen molar-refractivity contribution in [1.29, 1.82) is 0 Å². The molecule has 0 aliphatic heterocycles. The van der Waals surface area contributed by atoms with E-state index in [9.17, 15) is 0 Å². The molecule has 1 heteroatoms. The van der Waals surface area contributed by atoms with Crippen LogP contribution in [-0.2, 0) is 0 Å². The second kappa shape index (κ2) is 11.6. The third kappa shape index (κ3) is 7.95. The molecule has 1 unspecified atom stereocenters. The van der Waals surface area contributed by atoms with E-state index in [2.05, 4.69) is 37.1 Å². The van der Waals surface area contributed by atoms with E-state index < -0.39 is 0 Å². The predicted octanol–water partition coefficient (Wildman–Crippen LogP) is 5.53. The summed E-state index contributed by atoms with van der Waals surface area (Å²) in [5.74, 6) is 0.624. The van der Waals surface area contributed by atoms with Gasteiger partial charge in [0.15, 0.2) is 0 Å². The van der Waals surface area contributed by atoms with Crippen LogP contribution >= 0.6 is 0 Å². The van der Waals surface area contributed by atoms with E-state index in [1.165, 1.54) is 44.2 Å². The third-order valence-electron chi connectivity index (χ3n) is 3.05. The second-order valence-electron chi connectivity index (χ2n) is 4.46. The second-order valence-corrected chi connectivity index (χ2v) is 4.46. The van der Waals surface area contributed by atoms with Crippen LogP contribution in [0, 0.1) is 5.92 Å². The lowest BCUT2D eigenvalue weighted by molar-refractivity contribution is 0.494. The van der Waals surface area contributed by atoms with Crippen LogP contribution in [0.2, 0.25) is 0 Å². The van der Waals surface area contributed by atoms with Crippen molar-refractivity contribution >= 4 is 6.21 Å². The number of aliphatic imine (C=N–C) groups is 1. The molecule has 0 aromatic heterocycles. The molecular weight excluding hydrogens is 206 g/mol. The molecule has 17 heavy (non-hydrogen) atoms. The molecule has 0 spiro atoms. The van der Waals surface area contributed by atoms with E-state index in [1.54, 1.807) is 0 Å². The van der Waals surface area contributed by atoms with Crippen LogP contribution in [0.4, 0.5) is 0 Å². The Morgan fingerprint density at radius 3 is 2.41 bits per heavy atom. The maximum atomic E-state index is 4.52. The van der Waals surface area contributed by atoms with Crippen molar-refractivity contribution in [2.75, 3.05) is 0 Å². The highest BCUT2D eigenvalue weighted by atomic mass is 14.7. The van der Waals surface area contributed by atoms with Crippen LogP contribution in [0.5, 0.6) is 0 Å². The van der Waals surface area contributed by atoms with Crippen molar-refractivity contribution in [2.24, 2.45) is 10.9 Å². The third-order valence-corrected chi connectivity index (χ3v) is 3.05. The van der Waals surface area contributed by atoms with Crippen molar-refractivity contribution in [3.63, 3.8) is 0 Å². The van der Waals surface area contributed by atoms with Gasteiger partial charge in [0, 0.05) is 17.8 Å². The highest BCUT2D eigenvalue weighted by molar-refractivity contribution is 5.55. The van der Waals surface area contributed by atoms with E-state index >= 15 is 0 Å². The Morgan fingerprint density at radius 1 is 1.12 bits per heavy atom. The molecule has 0 bridgehead atoms. The van der Waals surface area contributed by atoms with Gasteiger partial charge in [-0.1, -0.05) is 51.7 Å². The molecule has 0 fully saturated rings. The van der Waals surface area contributed by atoms with Gasteiger partial charge in [-0.15, -0.1) is 0 Å². The quantitative estimate of drug-likeness (QED) is 0.283. The van der Waals surface area contributed by atoms with Gasteiger partial charge in [0.05, 0.1) is 0 Å². The molecule has 0 rings (SSSR count). The molecular formula is C16H29N. The fourth-order valence-corrected chi connectivity index (χ4v) is 2.01. The zero-order chi connectivity index (χ0) is 12.9. The molecule has 0 saturated carbocycles. The van der Waals surface area contributed by atoms with Crippen LogP contribution in [0.1, 0.15) is 66.2 Å². The summed E-state index contributed by atoms with van der Waals surface area (Å²) >= 11 is 0. The normalized spacial score (nSPS) is 14.9. The van der Waals surface area contributed by atoms with Gasteiger partial charge in [-0.3, -0.25) is 4.99 Å². The van der Waals surface area contributed by atoms with Gasteiger partial charge < -0.3 is 0 Å². The molecule has 0 aliphatic carbocycles. The molecule has 0 N–H and O–H groups in total. The van der Waals surface area contributed by atoms with E-state index in [0.29, 0.717) is 5.92 Å². The van der Waals surface area contributed by atoms with Gasteiger partial charge in [0.25, 0.3) is 0 Å². The average molecular weight is 235 g/mol. The summed E-state index contributed by atoms with van der Waals surface area (Å²) in [7, 11) is 0. The molecule has 1 atom stereocenters. The summed E-state index contributed by atoms with van der Waals surface area (Å²) in [4.78, 5) is 4.52. The summed E-state index contributed by atoms with van der Waals surface area (Å²) in [6, 6.07) is 0. The molecule has 0 radical (unpaired) electrons.